The predicted molar refractivity (Wildman–Crippen MR) is 108 cm³/mol. The van der Waals surface area contributed by atoms with Crippen LogP contribution in [0.15, 0.2) is 66.7 Å². The normalized spacial score (nSPS) is 11.0. The number of anilines is 2. The number of para-hydroxylation sites is 1. The van der Waals surface area contributed by atoms with E-state index >= 15 is 0 Å². The summed E-state index contributed by atoms with van der Waals surface area (Å²) in [6.45, 7) is 0. The molecule has 1 N–H and O–H groups in total. The monoisotopic (exact) mass is 464 g/mol. The molecule has 0 aliphatic rings. The second-order valence-electron chi connectivity index (χ2n) is 6.47. The van der Waals surface area contributed by atoms with Crippen LogP contribution in [0, 0.1) is 26.0 Å². The number of rotatable bonds is 6. The number of nitrogens with one attached hydrogen (secondary N) is 1. The second-order valence-corrected chi connectivity index (χ2v) is 6.47. The van der Waals surface area contributed by atoms with Gasteiger partial charge in [0.25, 0.3) is 5.91 Å². The van der Waals surface area contributed by atoms with Gasteiger partial charge < -0.3 is 0 Å². The second kappa shape index (κ2) is 8.90. The average Bonchev–Trinajstić information content (AvgIpc) is 2.76. The first-order valence-corrected chi connectivity index (χ1v) is 8.95. The van der Waals surface area contributed by atoms with E-state index < -0.39 is 55.9 Å². The van der Waals surface area contributed by atoms with Crippen molar-refractivity contribution in [1.82, 2.24) is 0 Å². The maximum atomic E-state index is 14.2. The summed E-state index contributed by atoms with van der Waals surface area (Å²) in [4.78, 5) is 33.5. The van der Waals surface area contributed by atoms with Gasteiger partial charge >= 0.3 is 17.6 Å². The molecule has 0 saturated carbocycles. The fourth-order valence-corrected chi connectivity index (χ4v) is 2.85. The molecule has 9 nitrogen and oxygen atoms in total. The molecule has 3 rings (SSSR count). The molecule has 3 aromatic rings. The van der Waals surface area contributed by atoms with E-state index in [4.69, 9.17) is 0 Å². The van der Waals surface area contributed by atoms with Crippen molar-refractivity contribution >= 4 is 28.7 Å². The Hall–Kier alpha value is -4.55. The van der Waals surface area contributed by atoms with E-state index in [1.165, 1.54) is 36.4 Å². The third-order valence-corrected chi connectivity index (χ3v) is 4.36. The van der Waals surface area contributed by atoms with Crippen molar-refractivity contribution in [2.75, 3.05) is 10.4 Å². The lowest BCUT2D eigenvalue weighted by Crippen LogP contribution is -2.37. The highest BCUT2D eigenvalue weighted by molar-refractivity contribution is 6.08. The summed E-state index contributed by atoms with van der Waals surface area (Å²) in [5, 5.41) is 23.6. The Morgan fingerprint density at radius 3 is 1.88 bits per heavy atom. The Bertz CT molecular complexity index is 1200. The zero-order valence-electron chi connectivity index (χ0n) is 16.2. The minimum absolute atomic E-state index is 0.0192. The topological polar surface area (TPSA) is 119 Å². The quantitative estimate of drug-likeness (QED) is 0.299. The molecule has 170 valence electrons. The van der Waals surface area contributed by atoms with E-state index in [9.17, 15) is 42.6 Å². The van der Waals surface area contributed by atoms with Crippen LogP contribution in [0.1, 0.15) is 15.9 Å². The number of amides is 1. The lowest BCUT2D eigenvalue weighted by atomic mass is 10.1. The first-order valence-electron chi connectivity index (χ1n) is 8.95. The summed E-state index contributed by atoms with van der Waals surface area (Å²) in [6, 6.07) is 12.0. The highest BCUT2D eigenvalue weighted by Crippen LogP contribution is 2.41. The molecule has 0 heterocycles. The fraction of sp³-hybridized carbons (Fsp3) is 0.0500. The molecule has 0 atom stereocenters. The van der Waals surface area contributed by atoms with E-state index in [-0.39, 0.29) is 17.8 Å². The Labute approximate surface area is 182 Å². The van der Waals surface area contributed by atoms with Gasteiger partial charge in [-0.05, 0) is 24.3 Å². The van der Waals surface area contributed by atoms with Gasteiger partial charge in [0.1, 0.15) is 5.82 Å². The van der Waals surface area contributed by atoms with Crippen LogP contribution in [-0.2, 0) is 6.18 Å². The molecular formula is C20H12F4N4O5. The number of carbonyl (C=O) groups excluding carboxylic acids is 1. The number of nitro benzene ring substituents is 2. The zero-order chi connectivity index (χ0) is 24.3. The highest BCUT2D eigenvalue weighted by atomic mass is 19.4. The first kappa shape index (κ1) is 23.1. The lowest BCUT2D eigenvalue weighted by molar-refractivity contribution is -0.392. The van der Waals surface area contributed by atoms with Crippen LogP contribution in [0.3, 0.4) is 0 Å². The Morgan fingerprint density at radius 1 is 0.879 bits per heavy atom. The van der Waals surface area contributed by atoms with Gasteiger partial charge in [0, 0.05) is 12.1 Å². The summed E-state index contributed by atoms with van der Waals surface area (Å²) in [6.07, 6.45) is -5.11. The maximum Gasteiger partial charge on any atom is 0.416 e. The minimum Gasteiger partial charge on any atom is -0.279 e. The third kappa shape index (κ3) is 4.87. The van der Waals surface area contributed by atoms with E-state index in [2.05, 4.69) is 5.43 Å². The van der Waals surface area contributed by atoms with Crippen molar-refractivity contribution < 1.29 is 32.2 Å². The van der Waals surface area contributed by atoms with Crippen LogP contribution in [0.4, 0.5) is 40.3 Å². The van der Waals surface area contributed by atoms with Crippen LogP contribution in [0.5, 0.6) is 0 Å². The van der Waals surface area contributed by atoms with Crippen LogP contribution in [-0.4, -0.2) is 15.8 Å². The number of halogens is 4. The molecule has 0 aliphatic carbocycles. The number of benzene rings is 3. The van der Waals surface area contributed by atoms with Gasteiger partial charge in [-0.15, -0.1) is 0 Å². The number of alkyl halides is 3. The van der Waals surface area contributed by atoms with Gasteiger partial charge in [-0.1, -0.05) is 30.3 Å². The predicted octanol–water partition coefficient (Wildman–Crippen LogP) is 5.33. The number of nitrogens with zero attached hydrogens (tertiary/aromatic N) is 3. The number of hydrogen-bond acceptors (Lipinski definition) is 6. The minimum atomic E-state index is -5.11. The molecule has 0 aromatic heterocycles. The smallest absolute Gasteiger partial charge is 0.279 e. The summed E-state index contributed by atoms with van der Waals surface area (Å²) < 4.78 is 53.7. The van der Waals surface area contributed by atoms with Crippen molar-refractivity contribution in [3.63, 3.8) is 0 Å². The van der Waals surface area contributed by atoms with Crippen molar-refractivity contribution in [2.45, 2.75) is 6.18 Å². The molecule has 0 saturated heterocycles. The number of carbonyl (C=O) groups is 1. The molecule has 13 heteroatoms. The summed E-state index contributed by atoms with van der Waals surface area (Å²) in [5.41, 5.74) is -3.58. The Balaban J connectivity index is 2.23. The van der Waals surface area contributed by atoms with Gasteiger partial charge in [-0.2, -0.15) is 13.2 Å². The molecule has 0 aliphatic heterocycles. The van der Waals surface area contributed by atoms with Crippen LogP contribution >= 0.6 is 0 Å². The molecule has 1 amide bonds. The van der Waals surface area contributed by atoms with Crippen molar-refractivity contribution in [3.05, 3.63) is 104 Å². The summed E-state index contributed by atoms with van der Waals surface area (Å²) in [5.74, 6) is -2.07. The molecule has 0 radical (unpaired) electrons. The largest absolute Gasteiger partial charge is 0.416 e. The van der Waals surface area contributed by atoms with Crippen molar-refractivity contribution in [1.29, 1.82) is 0 Å². The third-order valence-electron chi connectivity index (χ3n) is 4.36. The molecular weight excluding hydrogens is 452 g/mol. The van der Waals surface area contributed by atoms with Gasteiger partial charge in [0.05, 0.1) is 26.7 Å². The Kier molecular flexibility index (Phi) is 6.24. The summed E-state index contributed by atoms with van der Waals surface area (Å²) >= 11 is 0. The summed E-state index contributed by atoms with van der Waals surface area (Å²) in [7, 11) is 0. The van der Waals surface area contributed by atoms with E-state index in [1.807, 2.05) is 0 Å². The number of hydrazine groups is 1. The van der Waals surface area contributed by atoms with E-state index in [1.54, 1.807) is 6.07 Å². The van der Waals surface area contributed by atoms with E-state index in [0.29, 0.717) is 5.01 Å². The molecule has 0 spiro atoms. The average molecular weight is 464 g/mol. The van der Waals surface area contributed by atoms with Crippen LogP contribution < -0.4 is 10.4 Å². The molecule has 0 fully saturated rings. The Morgan fingerprint density at radius 2 is 1.39 bits per heavy atom. The molecule has 0 bridgehead atoms. The lowest BCUT2D eigenvalue weighted by Gasteiger charge is -2.24. The molecule has 3 aromatic carbocycles. The number of nitro groups is 2. The SMILES string of the molecule is O=C(c1ccccc1F)N(Nc1c([N+](=O)[O-])cc(C(F)(F)F)cc1[N+](=O)[O-])c1ccccc1. The standard InChI is InChI=1S/C20H12F4N4O5/c21-15-9-5-4-8-14(15)19(29)26(13-6-2-1-3-7-13)25-18-16(27(30)31)10-12(20(22,23)24)11-17(18)28(32)33/h1-11,25H. The first-order chi connectivity index (χ1) is 15.5. The van der Waals surface area contributed by atoms with Gasteiger partial charge in [-0.3, -0.25) is 30.4 Å². The maximum absolute atomic E-state index is 14.2. The number of hydrogen-bond donors (Lipinski definition) is 1. The van der Waals surface area contributed by atoms with Gasteiger partial charge in [0.2, 0.25) is 5.69 Å². The van der Waals surface area contributed by atoms with Crippen molar-refractivity contribution in [2.24, 2.45) is 0 Å². The van der Waals surface area contributed by atoms with Crippen molar-refractivity contribution in [3.8, 4) is 0 Å². The molecule has 33 heavy (non-hydrogen) atoms. The molecule has 0 unspecified atom stereocenters. The zero-order valence-corrected chi connectivity index (χ0v) is 16.2. The van der Waals surface area contributed by atoms with Crippen LogP contribution in [0.2, 0.25) is 0 Å². The highest BCUT2D eigenvalue weighted by Gasteiger charge is 2.38. The fourth-order valence-electron chi connectivity index (χ4n) is 2.85. The van der Waals surface area contributed by atoms with Gasteiger partial charge in [-0.25, -0.2) is 9.40 Å². The van der Waals surface area contributed by atoms with E-state index in [0.717, 1.165) is 12.1 Å². The van der Waals surface area contributed by atoms with Crippen LogP contribution in [0.25, 0.3) is 0 Å². The van der Waals surface area contributed by atoms with Gasteiger partial charge in [0.15, 0.2) is 0 Å².